The highest BCUT2D eigenvalue weighted by Crippen LogP contribution is 2.22. The molecule has 6 nitrogen and oxygen atoms in total. The lowest BCUT2D eigenvalue weighted by Crippen LogP contribution is -1.96. The highest BCUT2D eigenvalue weighted by Gasteiger charge is 2.19. The van der Waals surface area contributed by atoms with Crippen LogP contribution in [0.25, 0.3) is 11.5 Å². The number of aromatic nitrogens is 5. The Morgan fingerprint density at radius 2 is 2.36 bits per heavy atom. The van der Waals surface area contributed by atoms with E-state index in [1.165, 1.54) is 0 Å². The van der Waals surface area contributed by atoms with Gasteiger partial charge in [0.1, 0.15) is 17.3 Å². The summed E-state index contributed by atoms with van der Waals surface area (Å²) in [4.78, 5) is 0. The molecular weight excluding hydrogens is 180 g/mol. The average Bonchev–Trinajstić information content (AvgIpc) is 2.77. The van der Waals surface area contributed by atoms with E-state index in [1.807, 2.05) is 0 Å². The summed E-state index contributed by atoms with van der Waals surface area (Å²) >= 11 is 0. The first kappa shape index (κ1) is 7.54. The first-order valence-corrected chi connectivity index (χ1v) is 4.58. The molecule has 0 saturated heterocycles. The van der Waals surface area contributed by atoms with Crippen LogP contribution < -0.4 is 5.73 Å². The number of nitrogen functional groups attached to an aromatic ring is 1. The van der Waals surface area contributed by atoms with Crippen LogP contribution in [0.1, 0.15) is 12.2 Å². The van der Waals surface area contributed by atoms with Crippen molar-refractivity contribution in [1.82, 2.24) is 25.0 Å². The highest BCUT2D eigenvalue weighted by molar-refractivity contribution is 5.54. The lowest BCUT2D eigenvalue weighted by molar-refractivity contribution is 0.746. The molecule has 0 radical (unpaired) electrons. The van der Waals surface area contributed by atoms with Crippen molar-refractivity contribution in [2.75, 3.05) is 5.73 Å². The first-order valence-electron chi connectivity index (χ1n) is 4.58. The van der Waals surface area contributed by atoms with E-state index in [1.54, 1.807) is 6.07 Å². The summed E-state index contributed by atoms with van der Waals surface area (Å²) in [5.41, 5.74) is 6.37. The molecule has 14 heavy (non-hydrogen) atoms. The van der Waals surface area contributed by atoms with Crippen LogP contribution in [0.4, 0.5) is 5.82 Å². The molecule has 3 N–H and O–H groups in total. The molecule has 0 fully saturated rings. The van der Waals surface area contributed by atoms with Gasteiger partial charge in [-0.25, -0.2) is 0 Å². The van der Waals surface area contributed by atoms with E-state index < -0.39 is 0 Å². The van der Waals surface area contributed by atoms with Gasteiger partial charge in [-0.15, -0.1) is 10.2 Å². The fraction of sp³-hybridized carbons (Fsp3) is 0.375. The molecule has 0 saturated carbocycles. The molecule has 2 aromatic heterocycles. The van der Waals surface area contributed by atoms with Crippen LogP contribution in [-0.2, 0) is 13.0 Å². The minimum atomic E-state index is 0.482. The van der Waals surface area contributed by atoms with Crippen LogP contribution in [-0.4, -0.2) is 25.0 Å². The van der Waals surface area contributed by atoms with E-state index in [0.717, 1.165) is 36.7 Å². The van der Waals surface area contributed by atoms with Crippen LogP contribution in [0.5, 0.6) is 0 Å². The van der Waals surface area contributed by atoms with Gasteiger partial charge in [-0.1, -0.05) is 0 Å². The van der Waals surface area contributed by atoms with Gasteiger partial charge in [0, 0.05) is 19.0 Å². The molecule has 3 rings (SSSR count). The summed E-state index contributed by atoms with van der Waals surface area (Å²) in [6.45, 7) is 0.983. The molecule has 0 bridgehead atoms. The number of nitrogens with one attached hydrogen (secondary N) is 1. The number of H-pyrrole nitrogens is 1. The third kappa shape index (κ3) is 0.935. The van der Waals surface area contributed by atoms with Crippen molar-refractivity contribution in [3.63, 3.8) is 0 Å². The first-order chi connectivity index (χ1) is 6.84. The zero-order valence-electron chi connectivity index (χ0n) is 7.56. The number of nitrogens with zero attached hydrogens (tertiary/aromatic N) is 4. The van der Waals surface area contributed by atoms with Crippen molar-refractivity contribution in [1.29, 1.82) is 0 Å². The number of rotatable bonds is 1. The molecule has 6 heteroatoms. The fourth-order valence-corrected chi connectivity index (χ4v) is 1.80. The monoisotopic (exact) mass is 190 g/mol. The maximum Gasteiger partial charge on any atom is 0.182 e. The van der Waals surface area contributed by atoms with Crippen molar-refractivity contribution >= 4 is 5.82 Å². The molecule has 0 unspecified atom stereocenters. The second-order valence-electron chi connectivity index (χ2n) is 3.40. The van der Waals surface area contributed by atoms with Gasteiger partial charge in [0.15, 0.2) is 5.82 Å². The minimum absolute atomic E-state index is 0.482. The Kier molecular flexibility index (Phi) is 1.38. The summed E-state index contributed by atoms with van der Waals surface area (Å²) < 4.78 is 2.10. The van der Waals surface area contributed by atoms with Crippen molar-refractivity contribution in [2.24, 2.45) is 0 Å². The van der Waals surface area contributed by atoms with Crippen molar-refractivity contribution in [3.05, 3.63) is 11.9 Å². The van der Waals surface area contributed by atoms with E-state index in [-0.39, 0.29) is 0 Å². The number of anilines is 1. The molecule has 3 heterocycles. The van der Waals surface area contributed by atoms with Crippen LogP contribution in [0.2, 0.25) is 0 Å². The van der Waals surface area contributed by atoms with Gasteiger partial charge in [-0.2, -0.15) is 5.10 Å². The third-order valence-electron chi connectivity index (χ3n) is 2.45. The smallest absolute Gasteiger partial charge is 0.182 e. The molecule has 0 aliphatic carbocycles. The zero-order valence-corrected chi connectivity index (χ0v) is 7.56. The predicted octanol–water partition coefficient (Wildman–Crippen LogP) is 0.197. The lowest BCUT2D eigenvalue weighted by Gasteiger charge is -1.98. The highest BCUT2D eigenvalue weighted by atomic mass is 15.3. The average molecular weight is 190 g/mol. The summed E-state index contributed by atoms with van der Waals surface area (Å²) in [6, 6.07) is 1.77. The summed E-state index contributed by atoms with van der Waals surface area (Å²) in [7, 11) is 0. The van der Waals surface area contributed by atoms with Gasteiger partial charge in [-0.05, 0) is 6.42 Å². The quantitative estimate of drug-likeness (QED) is 0.672. The molecule has 0 aromatic carbocycles. The molecule has 1 aliphatic rings. The predicted molar refractivity (Wildman–Crippen MR) is 50.3 cm³/mol. The Balaban J connectivity index is 2.12. The van der Waals surface area contributed by atoms with E-state index >= 15 is 0 Å². The number of nitrogens with two attached hydrogens (primary N) is 1. The van der Waals surface area contributed by atoms with Crippen LogP contribution in [0, 0.1) is 0 Å². The molecule has 2 aromatic rings. The van der Waals surface area contributed by atoms with Crippen LogP contribution in [0.15, 0.2) is 6.07 Å². The van der Waals surface area contributed by atoms with Crippen LogP contribution in [0.3, 0.4) is 0 Å². The number of aromatic amines is 1. The van der Waals surface area contributed by atoms with E-state index in [9.17, 15) is 0 Å². The summed E-state index contributed by atoms with van der Waals surface area (Å²) in [5.74, 6) is 2.37. The number of hydrogen-bond acceptors (Lipinski definition) is 4. The lowest BCUT2D eigenvalue weighted by atomic mass is 10.4. The van der Waals surface area contributed by atoms with Gasteiger partial charge in [0.05, 0.1) is 0 Å². The summed E-state index contributed by atoms with van der Waals surface area (Å²) in [5, 5.41) is 14.9. The van der Waals surface area contributed by atoms with Crippen molar-refractivity contribution in [2.45, 2.75) is 19.4 Å². The van der Waals surface area contributed by atoms with Crippen molar-refractivity contribution in [3.8, 4) is 11.5 Å². The van der Waals surface area contributed by atoms with Gasteiger partial charge in [0.2, 0.25) is 0 Å². The second-order valence-corrected chi connectivity index (χ2v) is 3.40. The largest absolute Gasteiger partial charge is 0.382 e. The Morgan fingerprint density at radius 1 is 1.43 bits per heavy atom. The topological polar surface area (TPSA) is 85.4 Å². The van der Waals surface area contributed by atoms with Crippen LogP contribution >= 0.6 is 0 Å². The molecule has 0 spiro atoms. The van der Waals surface area contributed by atoms with Crippen molar-refractivity contribution < 1.29 is 0 Å². The SMILES string of the molecule is Nc1cc(-c2nnc3n2CCC3)[nH]n1. The molecular formula is C8H10N6. The Hall–Kier alpha value is -1.85. The number of hydrogen-bond donors (Lipinski definition) is 2. The Morgan fingerprint density at radius 3 is 3.14 bits per heavy atom. The maximum absolute atomic E-state index is 5.53. The Labute approximate surface area is 80.1 Å². The second kappa shape index (κ2) is 2.57. The van der Waals surface area contributed by atoms with Gasteiger partial charge in [-0.3, -0.25) is 5.10 Å². The Bertz CT molecular complexity index is 468. The van der Waals surface area contributed by atoms with Gasteiger partial charge < -0.3 is 10.3 Å². The molecule has 0 atom stereocenters. The maximum atomic E-state index is 5.53. The fourth-order valence-electron chi connectivity index (χ4n) is 1.80. The zero-order chi connectivity index (χ0) is 9.54. The molecule has 0 amide bonds. The number of aryl methyl sites for hydroxylation is 1. The third-order valence-corrected chi connectivity index (χ3v) is 2.45. The molecule has 72 valence electrons. The normalized spacial score (nSPS) is 14.6. The minimum Gasteiger partial charge on any atom is -0.382 e. The number of fused-ring (bicyclic) bond motifs is 1. The van der Waals surface area contributed by atoms with Gasteiger partial charge >= 0.3 is 0 Å². The van der Waals surface area contributed by atoms with E-state index in [0.29, 0.717) is 5.82 Å². The molecule has 1 aliphatic heterocycles. The standard InChI is InChI=1S/C8H10N6/c9-6-4-5(10-11-6)8-13-12-7-2-1-3-14(7)8/h4H,1-3H2,(H3,9,10,11). The van der Waals surface area contributed by atoms with E-state index in [2.05, 4.69) is 25.0 Å². The summed E-state index contributed by atoms with van der Waals surface area (Å²) in [6.07, 6.45) is 2.15. The van der Waals surface area contributed by atoms with Gasteiger partial charge in [0.25, 0.3) is 0 Å². The van der Waals surface area contributed by atoms with E-state index in [4.69, 9.17) is 5.73 Å².